The van der Waals surface area contributed by atoms with E-state index in [9.17, 15) is 0 Å². The van der Waals surface area contributed by atoms with Gasteiger partial charge in [-0.1, -0.05) is 48.5 Å². The molecular formula is C16H16N2S. The van der Waals surface area contributed by atoms with Crippen molar-refractivity contribution in [1.82, 2.24) is 4.90 Å². The van der Waals surface area contributed by atoms with Gasteiger partial charge in [0.15, 0.2) is 5.11 Å². The molecule has 0 aromatic heterocycles. The molecule has 0 spiro atoms. The van der Waals surface area contributed by atoms with Gasteiger partial charge in [0.2, 0.25) is 0 Å². The van der Waals surface area contributed by atoms with E-state index < -0.39 is 0 Å². The number of rotatable bonds is 1. The highest BCUT2D eigenvalue weighted by Gasteiger charge is 2.24. The van der Waals surface area contributed by atoms with Crippen LogP contribution in [0.5, 0.6) is 0 Å². The lowest BCUT2D eigenvalue weighted by molar-refractivity contribution is 0.381. The number of hydrogen-bond acceptors (Lipinski definition) is 1. The summed E-state index contributed by atoms with van der Waals surface area (Å²) in [6.45, 7) is 0. The summed E-state index contributed by atoms with van der Waals surface area (Å²) in [4.78, 5) is 2.14. The number of nitrogens with one attached hydrogen (secondary N) is 1. The predicted octanol–water partition coefficient (Wildman–Crippen LogP) is 3.61. The molecule has 19 heavy (non-hydrogen) atoms. The molecule has 0 radical (unpaired) electrons. The van der Waals surface area contributed by atoms with E-state index >= 15 is 0 Å². The Kier molecular flexibility index (Phi) is 3.22. The highest BCUT2D eigenvalue weighted by Crippen LogP contribution is 2.31. The molecule has 2 nitrogen and oxygen atoms in total. The fraction of sp³-hybridized carbons (Fsp3) is 0.188. The second kappa shape index (κ2) is 5.02. The molecule has 2 aromatic carbocycles. The van der Waals surface area contributed by atoms with Crippen molar-refractivity contribution in [2.75, 3.05) is 12.4 Å². The van der Waals surface area contributed by atoms with Crippen LogP contribution < -0.4 is 5.32 Å². The summed E-state index contributed by atoms with van der Waals surface area (Å²) in [6.07, 6.45) is 0.962. The van der Waals surface area contributed by atoms with Gasteiger partial charge in [-0.2, -0.15) is 0 Å². The molecule has 1 N–H and O–H groups in total. The first-order chi connectivity index (χ1) is 9.25. The molecule has 0 bridgehead atoms. The minimum atomic E-state index is 0.282. The zero-order chi connectivity index (χ0) is 13.2. The van der Waals surface area contributed by atoms with Gasteiger partial charge in [0.1, 0.15) is 0 Å². The third-order valence-electron chi connectivity index (χ3n) is 3.64. The number of hydrogen-bond donors (Lipinski definition) is 1. The quantitative estimate of drug-likeness (QED) is 0.795. The molecule has 1 heterocycles. The molecule has 0 fully saturated rings. The Hall–Kier alpha value is -1.87. The van der Waals surface area contributed by atoms with Gasteiger partial charge < -0.3 is 10.2 Å². The largest absolute Gasteiger partial charge is 0.345 e. The molecule has 3 heteroatoms. The lowest BCUT2D eigenvalue weighted by Gasteiger charge is -2.28. The molecule has 0 aliphatic carbocycles. The average Bonchev–Trinajstić information content (AvgIpc) is 2.58. The smallest absolute Gasteiger partial charge is 0.173 e. The van der Waals surface area contributed by atoms with Crippen molar-refractivity contribution in [2.24, 2.45) is 0 Å². The molecule has 0 saturated heterocycles. The fourth-order valence-corrected chi connectivity index (χ4v) is 2.76. The van der Waals surface area contributed by atoms with Crippen LogP contribution in [0.25, 0.3) is 0 Å². The maximum atomic E-state index is 5.48. The molecule has 3 rings (SSSR count). The number of para-hydroxylation sites is 1. The predicted molar refractivity (Wildman–Crippen MR) is 83.3 cm³/mol. The molecule has 96 valence electrons. The van der Waals surface area contributed by atoms with Gasteiger partial charge in [-0.05, 0) is 35.8 Å². The van der Waals surface area contributed by atoms with Crippen LogP contribution in [0, 0.1) is 0 Å². The fourth-order valence-electron chi connectivity index (χ4n) is 2.53. The Balaban J connectivity index is 2.03. The Labute approximate surface area is 119 Å². The van der Waals surface area contributed by atoms with Crippen molar-refractivity contribution in [2.45, 2.75) is 12.5 Å². The third-order valence-corrected chi connectivity index (χ3v) is 4.03. The minimum Gasteiger partial charge on any atom is -0.345 e. The first kappa shape index (κ1) is 12.2. The van der Waals surface area contributed by atoms with Gasteiger partial charge in [0.05, 0.1) is 6.04 Å². The maximum absolute atomic E-state index is 5.48. The van der Waals surface area contributed by atoms with E-state index in [2.05, 4.69) is 59.7 Å². The zero-order valence-electron chi connectivity index (χ0n) is 10.8. The van der Waals surface area contributed by atoms with Gasteiger partial charge in [-0.3, -0.25) is 0 Å². The molecule has 1 atom stereocenters. The second-order valence-electron chi connectivity index (χ2n) is 4.83. The first-order valence-electron chi connectivity index (χ1n) is 6.42. The highest BCUT2D eigenvalue weighted by molar-refractivity contribution is 7.80. The SMILES string of the molecule is CN1C(=S)Nc2ccccc2CC1c1ccccc1. The molecule has 1 aliphatic heterocycles. The molecule has 1 aliphatic rings. The van der Waals surface area contributed by atoms with Crippen molar-refractivity contribution in [1.29, 1.82) is 0 Å². The first-order valence-corrected chi connectivity index (χ1v) is 6.83. The van der Waals surface area contributed by atoms with Crippen LogP contribution in [0.4, 0.5) is 5.69 Å². The van der Waals surface area contributed by atoms with E-state index in [1.165, 1.54) is 11.1 Å². The van der Waals surface area contributed by atoms with Crippen molar-refractivity contribution < 1.29 is 0 Å². The van der Waals surface area contributed by atoms with E-state index in [-0.39, 0.29) is 6.04 Å². The Morgan fingerprint density at radius 3 is 2.53 bits per heavy atom. The minimum absolute atomic E-state index is 0.282. The van der Waals surface area contributed by atoms with Gasteiger partial charge in [-0.25, -0.2) is 0 Å². The zero-order valence-corrected chi connectivity index (χ0v) is 11.7. The van der Waals surface area contributed by atoms with Gasteiger partial charge in [-0.15, -0.1) is 0 Å². The number of anilines is 1. The average molecular weight is 268 g/mol. The van der Waals surface area contributed by atoms with Gasteiger partial charge in [0, 0.05) is 12.7 Å². The van der Waals surface area contributed by atoms with Crippen molar-refractivity contribution >= 4 is 23.0 Å². The maximum Gasteiger partial charge on any atom is 0.173 e. The lowest BCUT2D eigenvalue weighted by atomic mass is 9.98. The number of benzene rings is 2. The summed E-state index contributed by atoms with van der Waals surface area (Å²) >= 11 is 5.48. The summed E-state index contributed by atoms with van der Waals surface area (Å²) in [5.74, 6) is 0. The van der Waals surface area contributed by atoms with Crippen LogP contribution in [0.3, 0.4) is 0 Å². The lowest BCUT2D eigenvalue weighted by Crippen LogP contribution is -2.33. The summed E-state index contributed by atoms with van der Waals surface area (Å²) < 4.78 is 0. The van der Waals surface area contributed by atoms with Crippen molar-refractivity contribution in [3.63, 3.8) is 0 Å². The van der Waals surface area contributed by atoms with Crippen LogP contribution >= 0.6 is 12.2 Å². The number of thiocarbonyl (C=S) groups is 1. The molecule has 0 saturated carbocycles. The summed E-state index contributed by atoms with van der Waals surface area (Å²) in [5.41, 5.74) is 3.73. The molecule has 0 amide bonds. The van der Waals surface area contributed by atoms with E-state index in [1.54, 1.807) is 0 Å². The second-order valence-corrected chi connectivity index (χ2v) is 5.22. The van der Waals surface area contributed by atoms with Gasteiger partial charge in [0.25, 0.3) is 0 Å². The summed E-state index contributed by atoms with van der Waals surface area (Å²) in [6, 6.07) is 19.2. The third kappa shape index (κ3) is 2.34. The van der Waals surface area contributed by atoms with Crippen molar-refractivity contribution in [3.05, 3.63) is 65.7 Å². The highest BCUT2D eigenvalue weighted by atomic mass is 32.1. The number of fused-ring (bicyclic) bond motifs is 1. The van der Waals surface area contributed by atoms with Gasteiger partial charge >= 0.3 is 0 Å². The Morgan fingerprint density at radius 1 is 1.05 bits per heavy atom. The van der Waals surface area contributed by atoms with Crippen LogP contribution in [-0.4, -0.2) is 17.1 Å². The van der Waals surface area contributed by atoms with Crippen LogP contribution in [0.1, 0.15) is 17.2 Å². The van der Waals surface area contributed by atoms with E-state index in [1.807, 2.05) is 12.1 Å². The van der Waals surface area contributed by atoms with E-state index in [0.717, 1.165) is 17.2 Å². The van der Waals surface area contributed by atoms with E-state index in [0.29, 0.717) is 0 Å². The Bertz CT molecular complexity index is 595. The van der Waals surface area contributed by atoms with Crippen LogP contribution in [0.2, 0.25) is 0 Å². The summed E-state index contributed by atoms with van der Waals surface area (Å²) in [7, 11) is 2.05. The standard InChI is InChI=1S/C16H16N2S/c1-18-15(12-7-3-2-4-8-12)11-13-9-5-6-10-14(13)17-16(18)19/h2-10,15H,11H2,1H3,(H,17,19). The Morgan fingerprint density at radius 2 is 1.74 bits per heavy atom. The molecular weight excluding hydrogens is 252 g/mol. The molecule has 1 unspecified atom stereocenters. The number of nitrogens with zero attached hydrogens (tertiary/aromatic N) is 1. The van der Waals surface area contributed by atoms with Crippen LogP contribution in [-0.2, 0) is 6.42 Å². The monoisotopic (exact) mass is 268 g/mol. The topological polar surface area (TPSA) is 15.3 Å². The number of likely N-dealkylation sites (N-methyl/N-ethyl adjacent to an activating group) is 1. The van der Waals surface area contributed by atoms with Crippen LogP contribution in [0.15, 0.2) is 54.6 Å². The van der Waals surface area contributed by atoms with Crippen molar-refractivity contribution in [3.8, 4) is 0 Å². The summed E-state index contributed by atoms with van der Waals surface area (Å²) in [5, 5.41) is 4.11. The molecule has 2 aromatic rings. The normalized spacial score (nSPS) is 18.5. The van der Waals surface area contributed by atoms with E-state index in [4.69, 9.17) is 12.2 Å².